The molecule has 6 rings (SSSR count). The first-order chi connectivity index (χ1) is 16.9. The van der Waals surface area contributed by atoms with Gasteiger partial charge in [0.1, 0.15) is 17.1 Å². The van der Waals surface area contributed by atoms with Crippen LogP contribution in [0.15, 0.2) is 81.5 Å². The minimum atomic E-state index is -0.629. The molecule has 1 aliphatic heterocycles. The first kappa shape index (κ1) is 21.4. The number of fused-ring (bicyclic) bond motifs is 3. The molecule has 6 nitrogen and oxygen atoms in total. The van der Waals surface area contributed by atoms with Crippen LogP contribution in [0, 0.1) is 6.92 Å². The number of carbonyl (C=O) groups excluding carboxylic acids is 2. The Morgan fingerprint density at radius 1 is 1.09 bits per heavy atom. The Hall–Kier alpha value is -4.10. The van der Waals surface area contributed by atoms with E-state index in [9.17, 15) is 9.59 Å². The number of ether oxygens (including phenoxy) is 2. The summed E-state index contributed by atoms with van der Waals surface area (Å²) in [6.07, 6.45) is 3.71. The summed E-state index contributed by atoms with van der Waals surface area (Å²) in [4.78, 5) is 25.8. The smallest absolute Gasteiger partial charge is 0.379 e. The molecule has 172 valence electrons. The van der Waals surface area contributed by atoms with Crippen LogP contribution in [0.5, 0.6) is 11.5 Å². The van der Waals surface area contributed by atoms with Crippen molar-refractivity contribution in [1.29, 1.82) is 0 Å². The van der Waals surface area contributed by atoms with Gasteiger partial charge in [-0.15, -0.1) is 0 Å². The number of benzene rings is 3. The molecule has 5 aromatic rings. The maximum absolute atomic E-state index is 13.1. The SMILES string of the molecule is Cc1c(OC(=O)c2cc3cc(Br)ccc3o2)ccc2c1O/C(=C\c1cn(C)c3ccccc13)C2=O. The largest absolute Gasteiger partial charge is 0.452 e. The number of hydrogen-bond acceptors (Lipinski definition) is 5. The predicted octanol–water partition coefficient (Wildman–Crippen LogP) is 6.83. The minimum Gasteiger partial charge on any atom is -0.452 e. The monoisotopic (exact) mass is 527 g/mol. The van der Waals surface area contributed by atoms with Gasteiger partial charge in [0, 0.05) is 45.1 Å². The van der Waals surface area contributed by atoms with E-state index in [4.69, 9.17) is 13.9 Å². The molecule has 0 fully saturated rings. The van der Waals surface area contributed by atoms with E-state index in [1.54, 1.807) is 37.3 Å². The van der Waals surface area contributed by atoms with Crippen LogP contribution < -0.4 is 9.47 Å². The normalized spacial score (nSPS) is 14.0. The summed E-state index contributed by atoms with van der Waals surface area (Å²) in [6.45, 7) is 1.76. The number of rotatable bonds is 3. The molecule has 3 aromatic carbocycles. The van der Waals surface area contributed by atoms with Gasteiger partial charge < -0.3 is 18.5 Å². The Morgan fingerprint density at radius 3 is 2.77 bits per heavy atom. The van der Waals surface area contributed by atoms with Crippen LogP contribution in [0.25, 0.3) is 27.9 Å². The lowest BCUT2D eigenvalue weighted by Crippen LogP contribution is -2.08. The third-order valence-corrected chi connectivity index (χ3v) is 6.63. The molecule has 0 saturated carbocycles. The van der Waals surface area contributed by atoms with Gasteiger partial charge in [-0.1, -0.05) is 34.1 Å². The van der Waals surface area contributed by atoms with Crippen LogP contribution in [0.4, 0.5) is 0 Å². The van der Waals surface area contributed by atoms with Crippen molar-refractivity contribution in [2.75, 3.05) is 0 Å². The molecular formula is C28H18BrNO5. The molecule has 1 aliphatic rings. The average molecular weight is 528 g/mol. The van der Waals surface area contributed by atoms with Crippen LogP contribution in [0.3, 0.4) is 0 Å². The number of ketones is 1. The fourth-order valence-corrected chi connectivity index (χ4v) is 4.75. The number of aryl methyl sites for hydroxylation is 1. The zero-order valence-corrected chi connectivity index (χ0v) is 20.4. The third kappa shape index (κ3) is 3.56. The first-order valence-corrected chi connectivity index (χ1v) is 11.7. The van der Waals surface area contributed by atoms with Gasteiger partial charge in [0.2, 0.25) is 11.5 Å². The Bertz CT molecular complexity index is 1720. The second kappa shape index (κ2) is 7.99. The predicted molar refractivity (Wildman–Crippen MR) is 136 cm³/mol. The Labute approximate surface area is 208 Å². The van der Waals surface area contributed by atoms with E-state index in [1.807, 2.05) is 54.2 Å². The van der Waals surface area contributed by atoms with E-state index < -0.39 is 5.97 Å². The molecule has 3 heterocycles. The average Bonchev–Trinajstić information content (AvgIpc) is 3.51. The molecule has 0 N–H and O–H groups in total. The molecule has 0 aliphatic carbocycles. The summed E-state index contributed by atoms with van der Waals surface area (Å²) in [7, 11) is 1.96. The van der Waals surface area contributed by atoms with Crippen molar-refractivity contribution in [3.8, 4) is 11.5 Å². The highest BCUT2D eigenvalue weighted by Crippen LogP contribution is 2.40. The Kier molecular flexibility index (Phi) is 4.89. The fourth-order valence-electron chi connectivity index (χ4n) is 4.37. The van der Waals surface area contributed by atoms with Gasteiger partial charge in [-0.3, -0.25) is 4.79 Å². The van der Waals surface area contributed by atoms with E-state index in [0.717, 1.165) is 26.3 Å². The number of aromatic nitrogens is 1. The van der Waals surface area contributed by atoms with Crippen molar-refractivity contribution in [3.63, 3.8) is 0 Å². The molecule has 0 radical (unpaired) electrons. The lowest BCUT2D eigenvalue weighted by atomic mass is 10.1. The number of hydrogen-bond donors (Lipinski definition) is 0. The number of para-hydroxylation sites is 1. The van der Waals surface area contributed by atoms with Crippen molar-refractivity contribution < 1.29 is 23.5 Å². The van der Waals surface area contributed by atoms with E-state index in [2.05, 4.69) is 15.9 Å². The molecule has 0 amide bonds. The van der Waals surface area contributed by atoms with Crippen LogP contribution >= 0.6 is 15.9 Å². The number of allylic oxidation sites excluding steroid dienone is 1. The van der Waals surface area contributed by atoms with Gasteiger partial charge in [-0.05, 0) is 55.5 Å². The summed E-state index contributed by atoms with van der Waals surface area (Å²) in [5, 5.41) is 1.81. The van der Waals surface area contributed by atoms with Crippen LogP contribution in [0.1, 0.15) is 32.0 Å². The summed E-state index contributed by atoms with van der Waals surface area (Å²) >= 11 is 3.41. The summed E-state index contributed by atoms with van der Waals surface area (Å²) in [5.74, 6) is 0.167. The maximum atomic E-state index is 13.1. The van der Waals surface area contributed by atoms with Crippen molar-refractivity contribution >= 4 is 55.6 Å². The van der Waals surface area contributed by atoms with Crippen LogP contribution in [-0.4, -0.2) is 16.3 Å². The van der Waals surface area contributed by atoms with E-state index in [-0.39, 0.29) is 17.3 Å². The van der Waals surface area contributed by atoms with Gasteiger partial charge >= 0.3 is 5.97 Å². The van der Waals surface area contributed by atoms with Gasteiger partial charge in [-0.25, -0.2) is 4.79 Å². The molecule has 0 saturated heterocycles. The van der Waals surface area contributed by atoms with Crippen LogP contribution in [0.2, 0.25) is 0 Å². The first-order valence-electron chi connectivity index (χ1n) is 10.9. The number of halogens is 1. The minimum absolute atomic E-state index is 0.0894. The van der Waals surface area contributed by atoms with E-state index >= 15 is 0 Å². The summed E-state index contributed by atoms with van der Waals surface area (Å²) in [6, 6.07) is 18.3. The fraction of sp³-hybridized carbons (Fsp3) is 0.0714. The quantitative estimate of drug-likeness (QED) is 0.146. The van der Waals surface area contributed by atoms with Crippen molar-refractivity contribution in [3.05, 3.63) is 99.5 Å². The standard InChI is InChI=1S/C28H18BrNO5/c1-15-22(35-28(32)25-12-16-11-18(29)7-9-23(16)33-25)10-8-20-26(31)24(34-27(15)20)13-17-14-30(2)21-6-4-3-5-19(17)21/h3-14H,1-2H3/b24-13-. The zero-order chi connectivity index (χ0) is 24.3. The van der Waals surface area contributed by atoms with Gasteiger partial charge in [-0.2, -0.15) is 0 Å². The zero-order valence-electron chi connectivity index (χ0n) is 18.8. The number of esters is 1. The molecule has 0 spiro atoms. The van der Waals surface area contributed by atoms with E-state index in [1.165, 1.54) is 0 Å². The molecule has 0 atom stereocenters. The lowest BCUT2D eigenvalue weighted by Gasteiger charge is -2.09. The molecule has 7 heteroatoms. The highest BCUT2D eigenvalue weighted by molar-refractivity contribution is 9.10. The highest BCUT2D eigenvalue weighted by Gasteiger charge is 2.31. The molecular weight excluding hydrogens is 510 g/mol. The van der Waals surface area contributed by atoms with Gasteiger partial charge in [0.05, 0.1) is 5.56 Å². The number of carbonyl (C=O) groups is 2. The molecule has 0 unspecified atom stereocenters. The van der Waals surface area contributed by atoms with Crippen LogP contribution in [-0.2, 0) is 7.05 Å². The van der Waals surface area contributed by atoms with Crippen molar-refractivity contribution in [2.24, 2.45) is 7.05 Å². The molecule has 2 aromatic heterocycles. The number of Topliss-reactive ketones (excluding diaryl/α,β-unsaturated/α-hetero) is 1. The number of furan rings is 1. The van der Waals surface area contributed by atoms with Crippen molar-refractivity contribution in [2.45, 2.75) is 6.92 Å². The second-order valence-corrected chi connectivity index (χ2v) is 9.32. The number of nitrogens with zero attached hydrogens (tertiary/aromatic N) is 1. The van der Waals surface area contributed by atoms with E-state index in [0.29, 0.717) is 28.2 Å². The second-order valence-electron chi connectivity index (χ2n) is 8.40. The molecule has 0 bridgehead atoms. The topological polar surface area (TPSA) is 70.7 Å². The molecule has 35 heavy (non-hydrogen) atoms. The summed E-state index contributed by atoms with van der Waals surface area (Å²) < 4.78 is 20.1. The summed E-state index contributed by atoms with van der Waals surface area (Å²) in [5.41, 5.74) is 3.53. The Morgan fingerprint density at radius 2 is 1.91 bits per heavy atom. The Balaban J connectivity index is 1.30. The third-order valence-electron chi connectivity index (χ3n) is 6.13. The lowest BCUT2D eigenvalue weighted by molar-refractivity contribution is 0.0702. The highest BCUT2D eigenvalue weighted by atomic mass is 79.9. The van der Waals surface area contributed by atoms with Gasteiger partial charge in [0.15, 0.2) is 5.76 Å². The maximum Gasteiger partial charge on any atom is 0.379 e. The van der Waals surface area contributed by atoms with Gasteiger partial charge in [0.25, 0.3) is 0 Å². The van der Waals surface area contributed by atoms with Crippen molar-refractivity contribution in [1.82, 2.24) is 4.57 Å².